The predicted octanol–water partition coefficient (Wildman–Crippen LogP) is 3.15. The number of benzene rings is 1. The summed E-state index contributed by atoms with van der Waals surface area (Å²) in [5.74, 6) is 0.967. The minimum Gasteiger partial charge on any atom is -0.496 e. The average Bonchev–Trinajstić information content (AvgIpc) is 2.29. The Balaban J connectivity index is 2.59. The van der Waals surface area contributed by atoms with Crippen LogP contribution in [0.5, 0.6) is 5.75 Å². The Morgan fingerprint density at radius 3 is 2.73 bits per heavy atom. The molecule has 0 aliphatic rings. The molecule has 1 aromatic carbocycles. The van der Waals surface area contributed by atoms with Crippen molar-refractivity contribution in [2.24, 2.45) is 0 Å². The second-order valence-corrected chi connectivity index (χ2v) is 3.77. The van der Waals surface area contributed by atoms with E-state index in [2.05, 4.69) is 31.3 Å². The van der Waals surface area contributed by atoms with Crippen LogP contribution in [0.3, 0.4) is 0 Å². The number of para-hydroxylation sites is 1. The minimum atomic E-state index is 0.354. The fourth-order valence-electron chi connectivity index (χ4n) is 1.63. The van der Waals surface area contributed by atoms with Gasteiger partial charge in [0.1, 0.15) is 5.75 Å². The molecule has 1 aromatic rings. The van der Waals surface area contributed by atoms with E-state index in [4.69, 9.17) is 4.74 Å². The zero-order valence-electron chi connectivity index (χ0n) is 9.92. The molecule has 0 saturated heterocycles. The highest BCUT2D eigenvalue weighted by atomic mass is 16.5. The third-order valence-corrected chi connectivity index (χ3v) is 2.59. The Bertz CT molecular complexity index is 286. The first-order chi connectivity index (χ1) is 7.29. The van der Waals surface area contributed by atoms with Crippen LogP contribution in [0, 0.1) is 0 Å². The third-order valence-electron chi connectivity index (χ3n) is 2.59. The van der Waals surface area contributed by atoms with Crippen molar-refractivity contribution in [3.8, 4) is 5.75 Å². The molecule has 0 saturated carbocycles. The van der Waals surface area contributed by atoms with E-state index in [0.717, 1.165) is 12.3 Å². The molecule has 0 amide bonds. The Labute approximate surface area is 92.6 Å². The van der Waals surface area contributed by atoms with Crippen LogP contribution in [0.25, 0.3) is 0 Å². The average molecular weight is 207 g/mol. The van der Waals surface area contributed by atoms with Crippen molar-refractivity contribution >= 4 is 0 Å². The highest BCUT2D eigenvalue weighted by Gasteiger charge is 2.08. The van der Waals surface area contributed by atoms with E-state index in [-0.39, 0.29) is 0 Å². The summed E-state index contributed by atoms with van der Waals surface area (Å²) < 4.78 is 5.33. The topological polar surface area (TPSA) is 21.3 Å². The summed E-state index contributed by atoms with van der Waals surface area (Å²) in [5, 5.41) is 3.49. The van der Waals surface area contributed by atoms with Gasteiger partial charge in [0.25, 0.3) is 0 Å². The summed E-state index contributed by atoms with van der Waals surface area (Å²) in [7, 11) is 1.72. The molecular weight excluding hydrogens is 186 g/mol. The van der Waals surface area contributed by atoms with Crippen LogP contribution in [0.4, 0.5) is 0 Å². The third kappa shape index (κ3) is 3.56. The largest absolute Gasteiger partial charge is 0.496 e. The number of hydrogen-bond acceptors (Lipinski definition) is 2. The van der Waals surface area contributed by atoms with Gasteiger partial charge in [0.05, 0.1) is 7.11 Å². The van der Waals surface area contributed by atoms with Gasteiger partial charge in [0, 0.05) is 11.6 Å². The molecule has 0 fully saturated rings. The molecule has 0 unspecified atom stereocenters. The maximum atomic E-state index is 5.33. The summed E-state index contributed by atoms with van der Waals surface area (Å²) in [4.78, 5) is 0. The van der Waals surface area contributed by atoms with Crippen molar-refractivity contribution in [2.75, 3.05) is 13.7 Å². The molecule has 0 aliphatic carbocycles. The molecule has 1 rings (SSSR count). The number of methoxy groups -OCH3 is 1. The molecule has 84 valence electrons. The van der Waals surface area contributed by atoms with Gasteiger partial charge in [-0.2, -0.15) is 0 Å². The number of nitrogens with one attached hydrogen (secondary N) is 1. The molecule has 0 bridgehead atoms. The second kappa shape index (κ2) is 6.46. The molecule has 0 heterocycles. The highest BCUT2D eigenvalue weighted by molar-refractivity contribution is 5.35. The maximum Gasteiger partial charge on any atom is 0.123 e. The number of ether oxygens (including phenoxy) is 1. The van der Waals surface area contributed by atoms with Gasteiger partial charge < -0.3 is 10.1 Å². The van der Waals surface area contributed by atoms with Crippen molar-refractivity contribution in [2.45, 2.75) is 32.7 Å². The minimum absolute atomic E-state index is 0.354. The Morgan fingerprint density at radius 1 is 1.33 bits per heavy atom. The van der Waals surface area contributed by atoms with E-state index >= 15 is 0 Å². The van der Waals surface area contributed by atoms with E-state index in [9.17, 15) is 0 Å². The standard InChI is InChI=1S/C13H21NO/c1-4-5-10-14-11(2)12-8-6-7-9-13(12)15-3/h6-9,11,14H,4-5,10H2,1-3H3/t11-/m0/s1. The number of hydrogen-bond donors (Lipinski definition) is 1. The van der Waals surface area contributed by atoms with Crippen LogP contribution in [-0.4, -0.2) is 13.7 Å². The Kier molecular flexibility index (Phi) is 5.19. The SMILES string of the molecule is CCCCN[C@@H](C)c1ccccc1OC. The quantitative estimate of drug-likeness (QED) is 0.723. The summed E-state index contributed by atoms with van der Waals surface area (Å²) in [6.45, 7) is 5.44. The van der Waals surface area contributed by atoms with E-state index < -0.39 is 0 Å². The molecule has 0 radical (unpaired) electrons. The fourth-order valence-corrected chi connectivity index (χ4v) is 1.63. The number of rotatable bonds is 6. The van der Waals surface area contributed by atoms with Gasteiger partial charge in [-0.05, 0) is 26.0 Å². The normalized spacial score (nSPS) is 12.5. The summed E-state index contributed by atoms with van der Waals surface area (Å²) in [6.07, 6.45) is 2.45. The van der Waals surface area contributed by atoms with Gasteiger partial charge in [-0.1, -0.05) is 31.5 Å². The monoisotopic (exact) mass is 207 g/mol. The van der Waals surface area contributed by atoms with E-state index in [0.29, 0.717) is 6.04 Å². The smallest absolute Gasteiger partial charge is 0.123 e. The molecule has 0 spiro atoms. The van der Waals surface area contributed by atoms with Crippen molar-refractivity contribution in [3.63, 3.8) is 0 Å². The van der Waals surface area contributed by atoms with Crippen molar-refractivity contribution in [1.82, 2.24) is 5.32 Å². The zero-order valence-corrected chi connectivity index (χ0v) is 9.92. The molecule has 1 atom stereocenters. The fraction of sp³-hybridized carbons (Fsp3) is 0.538. The van der Waals surface area contributed by atoms with E-state index in [1.54, 1.807) is 7.11 Å². The predicted molar refractivity (Wildman–Crippen MR) is 64.3 cm³/mol. The summed E-state index contributed by atoms with van der Waals surface area (Å²) in [6, 6.07) is 8.53. The van der Waals surface area contributed by atoms with Crippen LogP contribution in [0.2, 0.25) is 0 Å². The van der Waals surface area contributed by atoms with Gasteiger partial charge in [0.15, 0.2) is 0 Å². The van der Waals surface area contributed by atoms with Crippen LogP contribution in [0.15, 0.2) is 24.3 Å². The lowest BCUT2D eigenvalue weighted by Crippen LogP contribution is -2.20. The van der Waals surface area contributed by atoms with Gasteiger partial charge in [0.2, 0.25) is 0 Å². The molecule has 0 aromatic heterocycles. The molecule has 15 heavy (non-hydrogen) atoms. The number of unbranched alkanes of at least 4 members (excludes halogenated alkanes) is 1. The second-order valence-electron chi connectivity index (χ2n) is 3.77. The van der Waals surface area contributed by atoms with Gasteiger partial charge >= 0.3 is 0 Å². The van der Waals surface area contributed by atoms with Crippen molar-refractivity contribution in [3.05, 3.63) is 29.8 Å². The maximum absolute atomic E-state index is 5.33. The van der Waals surface area contributed by atoms with E-state index in [1.165, 1.54) is 18.4 Å². The lowest BCUT2D eigenvalue weighted by molar-refractivity contribution is 0.401. The summed E-state index contributed by atoms with van der Waals surface area (Å²) >= 11 is 0. The zero-order chi connectivity index (χ0) is 11.1. The van der Waals surface area contributed by atoms with Crippen molar-refractivity contribution < 1.29 is 4.74 Å². The first-order valence-electron chi connectivity index (χ1n) is 5.66. The molecule has 1 N–H and O–H groups in total. The van der Waals surface area contributed by atoms with E-state index in [1.807, 2.05) is 12.1 Å². The first kappa shape index (κ1) is 12.1. The first-order valence-corrected chi connectivity index (χ1v) is 5.66. The van der Waals surface area contributed by atoms with Gasteiger partial charge in [-0.15, -0.1) is 0 Å². The molecule has 2 heteroatoms. The van der Waals surface area contributed by atoms with Crippen LogP contribution in [0.1, 0.15) is 38.3 Å². The lowest BCUT2D eigenvalue weighted by Gasteiger charge is -2.16. The van der Waals surface area contributed by atoms with Crippen LogP contribution < -0.4 is 10.1 Å². The Morgan fingerprint density at radius 2 is 2.07 bits per heavy atom. The van der Waals surface area contributed by atoms with Gasteiger partial charge in [-0.25, -0.2) is 0 Å². The molecule has 2 nitrogen and oxygen atoms in total. The lowest BCUT2D eigenvalue weighted by atomic mass is 10.1. The Hall–Kier alpha value is -1.02. The summed E-state index contributed by atoms with van der Waals surface area (Å²) in [5.41, 5.74) is 1.23. The van der Waals surface area contributed by atoms with Crippen LogP contribution >= 0.6 is 0 Å². The highest BCUT2D eigenvalue weighted by Crippen LogP contribution is 2.23. The van der Waals surface area contributed by atoms with Crippen molar-refractivity contribution in [1.29, 1.82) is 0 Å². The van der Waals surface area contributed by atoms with Gasteiger partial charge in [-0.3, -0.25) is 0 Å². The molecular formula is C13H21NO. The molecule has 0 aliphatic heterocycles. The van der Waals surface area contributed by atoms with Crippen LogP contribution in [-0.2, 0) is 0 Å².